The van der Waals surface area contributed by atoms with Gasteiger partial charge in [-0.1, -0.05) is 11.6 Å². The minimum atomic E-state index is -1.30. The molecule has 148 valence electrons. The lowest BCUT2D eigenvalue weighted by Crippen LogP contribution is -2.11. The highest BCUT2D eigenvalue weighted by molar-refractivity contribution is 7.12. The van der Waals surface area contributed by atoms with Gasteiger partial charge in [0.1, 0.15) is 23.1 Å². The topological polar surface area (TPSA) is 67.0 Å². The summed E-state index contributed by atoms with van der Waals surface area (Å²) in [5.41, 5.74) is 0.0891. The Balaban J connectivity index is 1.57. The predicted molar refractivity (Wildman–Crippen MR) is 104 cm³/mol. The fourth-order valence-electron chi connectivity index (χ4n) is 2.66. The van der Waals surface area contributed by atoms with Crippen LogP contribution in [0.2, 0.25) is 5.02 Å². The maximum atomic E-state index is 13.8. The number of rotatable bonds is 5. The molecule has 1 amide bonds. The van der Waals surface area contributed by atoms with Crippen LogP contribution in [0.25, 0.3) is 10.9 Å². The van der Waals surface area contributed by atoms with Crippen molar-refractivity contribution in [3.63, 3.8) is 0 Å². The Hall–Kier alpha value is -3.04. The normalized spacial score (nSPS) is 11.0. The molecule has 0 saturated carbocycles. The number of nitrogens with zero attached hydrogens (tertiary/aromatic N) is 1. The number of aromatic nitrogens is 2. The number of carbonyl (C=O) groups excluding carboxylic acids is 1. The van der Waals surface area contributed by atoms with E-state index >= 15 is 0 Å². The summed E-state index contributed by atoms with van der Waals surface area (Å²) < 4.78 is 46.3. The SMILES string of the molecule is O=C(Nc1n[nH]c2ccc(OCc3c(F)ccc(F)c3F)cc12)c1sccc1Cl. The Morgan fingerprint density at radius 3 is 2.72 bits per heavy atom. The monoisotopic (exact) mass is 437 g/mol. The third kappa shape index (κ3) is 3.79. The second-order valence-corrected chi connectivity index (χ2v) is 7.27. The lowest BCUT2D eigenvalue weighted by Gasteiger charge is -2.09. The van der Waals surface area contributed by atoms with Crippen LogP contribution in [0.4, 0.5) is 19.0 Å². The Bertz CT molecular complexity index is 1220. The number of thiophene rings is 1. The number of fused-ring (bicyclic) bond motifs is 1. The van der Waals surface area contributed by atoms with Gasteiger partial charge in [0.15, 0.2) is 17.5 Å². The third-order valence-corrected chi connectivity index (χ3v) is 5.45. The Kier molecular flexibility index (Phi) is 5.16. The molecule has 10 heteroatoms. The van der Waals surface area contributed by atoms with E-state index in [2.05, 4.69) is 15.5 Å². The van der Waals surface area contributed by atoms with Gasteiger partial charge in [-0.05, 0) is 41.8 Å². The summed E-state index contributed by atoms with van der Waals surface area (Å²) in [6, 6.07) is 7.88. The van der Waals surface area contributed by atoms with Crippen molar-refractivity contribution in [2.24, 2.45) is 0 Å². The molecule has 0 spiro atoms. The maximum Gasteiger partial charge on any atom is 0.268 e. The second-order valence-electron chi connectivity index (χ2n) is 5.94. The molecule has 0 unspecified atom stereocenters. The first-order chi connectivity index (χ1) is 13.9. The van der Waals surface area contributed by atoms with Crippen molar-refractivity contribution < 1.29 is 22.7 Å². The van der Waals surface area contributed by atoms with Gasteiger partial charge in [-0.3, -0.25) is 9.89 Å². The van der Waals surface area contributed by atoms with Gasteiger partial charge in [0.25, 0.3) is 5.91 Å². The first-order valence-corrected chi connectivity index (χ1v) is 9.47. The van der Waals surface area contributed by atoms with Crippen molar-refractivity contribution in [1.29, 1.82) is 0 Å². The van der Waals surface area contributed by atoms with Gasteiger partial charge in [0.2, 0.25) is 0 Å². The van der Waals surface area contributed by atoms with Gasteiger partial charge in [-0.2, -0.15) is 5.10 Å². The van der Waals surface area contributed by atoms with Crippen LogP contribution in [0, 0.1) is 17.5 Å². The van der Waals surface area contributed by atoms with Crippen LogP contribution in [0.1, 0.15) is 15.2 Å². The number of carbonyl (C=O) groups is 1. The van der Waals surface area contributed by atoms with Crippen LogP contribution in [-0.2, 0) is 6.61 Å². The average molecular weight is 438 g/mol. The van der Waals surface area contributed by atoms with Gasteiger partial charge < -0.3 is 10.1 Å². The first-order valence-electron chi connectivity index (χ1n) is 8.21. The molecule has 2 N–H and O–H groups in total. The number of benzene rings is 2. The molecule has 0 atom stereocenters. The number of amides is 1. The van der Waals surface area contributed by atoms with E-state index in [1.54, 1.807) is 29.6 Å². The minimum absolute atomic E-state index is 0.239. The number of anilines is 1. The summed E-state index contributed by atoms with van der Waals surface area (Å²) in [6.45, 7) is -0.509. The largest absolute Gasteiger partial charge is 0.489 e. The van der Waals surface area contributed by atoms with Crippen LogP contribution in [0.3, 0.4) is 0 Å². The molecule has 4 rings (SSSR count). The molecule has 0 fully saturated rings. The molecule has 0 aliphatic heterocycles. The van der Waals surface area contributed by atoms with E-state index in [4.69, 9.17) is 16.3 Å². The summed E-state index contributed by atoms with van der Waals surface area (Å²) in [7, 11) is 0. The third-order valence-electron chi connectivity index (χ3n) is 4.11. The van der Waals surface area contributed by atoms with Crippen molar-refractivity contribution in [3.05, 3.63) is 74.7 Å². The molecule has 0 bridgehead atoms. The zero-order chi connectivity index (χ0) is 20.5. The number of hydrogen-bond donors (Lipinski definition) is 2. The van der Waals surface area contributed by atoms with Crippen molar-refractivity contribution in [3.8, 4) is 5.75 Å². The van der Waals surface area contributed by atoms with E-state index in [1.807, 2.05) is 0 Å². The highest BCUT2D eigenvalue weighted by Gasteiger charge is 2.17. The zero-order valence-corrected chi connectivity index (χ0v) is 16.0. The van der Waals surface area contributed by atoms with Gasteiger partial charge >= 0.3 is 0 Å². The molecule has 0 aliphatic rings. The number of aromatic amines is 1. The van der Waals surface area contributed by atoms with Crippen LogP contribution in [-0.4, -0.2) is 16.1 Å². The summed E-state index contributed by atoms with van der Waals surface area (Å²) in [5, 5.41) is 12.0. The Labute approximate surface area is 171 Å². The average Bonchev–Trinajstić information content (AvgIpc) is 3.31. The molecule has 2 aromatic heterocycles. The van der Waals surface area contributed by atoms with Crippen LogP contribution in [0.15, 0.2) is 41.8 Å². The van der Waals surface area contributed by atoms with Crippen molar-refractivity contribution in [2.75, 3.05) is 5.32 Å². The summed E-state index contributed by atoms with van der Waals surface area (Å²) in [4.78, 5) is 12.7. The van der Waals surface area contributed by atoms with E-state index in [0.29, 0.717) is 26.9 Å². The van der Waals surface area contributed by atoms with Gasteiger partial charge in [0.05, 0.1) is 16.1 Å². The predicted octanol–water partition coefficient (Wildman–Crippen LogP) is 5.53. The van der Waals surface area contributed by atoms with E-state index in [0.717, 1.165) is 6.07 Å². The number of H-pyrrole nitrogens is 1. The molecule has 0 aliphatic carbocycles. The number of nitrogens with one attached hydrogen (secondary N) is 2. The quantitative estimate of drug-likeness (QED) is 0.404. The number of ether oxygens (including phenoxy) is 1. The van der Waals surface area contributed by atoms with Gasteiger partial charge in [-0.15, -0.1) is 11.3 Å². The van der Waals surface area contributed by atoms with Crippen LogP contribution < -0.4 is 10.1 Å². The second kappa shape index (κ2) is 7.76. The van der Waals surface area contributed by atoms with E-state index in [-0.39, 0.29) is 11.6 Å². The van der Waals surface area contributed by atoms with E-state index in [1.165, 1.54) is 11.3 Å². The van der Waals surface area contributed by atoms with Gasteiger partial charge in [-0.25, -0.2) is 13.2 Å². The number of halogens is 4. The highest BCUT2D eigenvalue weighted by Crippen LogP contribution is 2.28. The van der Waals surface area contributed by atoms with Crippen LogP contribution >= 0.6 is 22.9 Å². The van der Waals surface area contributed by atoms with Crippen molar-refractivity contribution in [1.82, 2.24) is 10.2 Å². The molecule has 2 aromatic carbocycles. The van der Waals surface area contributed by atoms with Crippen molar-refractivity contribution >= 4 is 45.6 Å². The fraction of sp³-hybridized carbons (Fsp3) is 0.0526. The lowest BCUT2D eigenvalue weighted by atomic mass is 10.2. The maximum absolute atomic E-state index is 13.8. The highest BCUT2D eigenvalue weighted by atomic mass is 35.5. The van der Waals surface area contributed by atoms with Gasteiger partial charge in [0, 0.05) is 5.39 Å². The smallest absolute Gasteiger partial charge is 0.268 e. The standard InChI is InChI=1S/C19H11ClF3N3O2S/c20-12-5-6-29-17(12)19(27)24-18-10-7-9(1-4-15(10)25-26-18)28-8-11-13(21)2-3-14(22)16(11)23/h1-7H,8H2,(H2,24,25,26,27). The number of hydrogen-bond acceptors (Lipinski definition) is 4. The lowest BCUT2D eigenvalue weighted by molar-refractivity contribution is 0.103. The molecule has 0 saturated heterocycles. The molecule has 0 radical (unpaired) electrons. The fourth-order valence-corrected chi connectivity index (χ4v) is 3.69. The van der Waals surface area contributed by atoms with E-state index < -0.39 is 35.5 Å². The molecule has 4 aromatic rings. The molecule has 2 heterocycles. The summed E-state index contributed by atoms with van der Waals surface area (Å²) >= 11 is 7.16. The summed E-state index contributed by atoms with van der Waals surface area (Å²) in [6.07, 6.45) is 0. The molecular formula is C19H11ClF3N3O2S. The van der Waals surface area contributed by atoms with Crippen LogP contribution in [0.5, 0.6) is 5.75 Å². The first kappa shape index (κ1) is 19.3. The minimum Gasteiger partial charge on any atom is -0.489 e. The summed E-state index contributed by atoms with van der Waals surface area (Å²) in [5.74, 6) is -3.29. The Morgan fingerprint density at radius 1 is 1.17 bits per heavy atom. The zero-order valence-electron chi connectivity index (χ0n) is 14.4. The molecule has 29 heavy (non-hydrogen) atoms. The van der Waals surface area contributed by atoms with E-state index in [9.17, 15) is 18.0 Å². The van der Waals surface area contributed by atoms with Crippen molar-refractivity contribution in [2.45, 2.75) is 6.61 Å². The molecule has 5 nitrogen and oxygen atoms in total. The Morgan fingerprint density at radius 2 is 1.97 bits per heavy atom. The molecular weight excluding hydrogens is 427 g/mol.